The van der Waals surface area contributed by atoms with Gasteiger partial charge in [0.25, 0.3) is 0 Å². The second-order valence-electron chi connectivity index (χ2n) is 5.51. The molecule has 3 heteroatoms. The molecule has 2 aromatic carbocycles. The van der Waals surface area contributed by atoms with E-state index in [9.17, 15) is 0 Å². The van der Waals surface area contributed by atoms with E-state index in [1.807, 2.05) is 36.4 Å². The van der Waals surface area contributed by atoms with E-state index in [1.54, 1.807) is 7.11 Å². The van der Waals surface area contributed by atoms with E-state index in [2.05, 4.69) is 19.9 Å². The van der Waals surface area contributed by atoms with Crippen LogP contribution in [0.1, 0.15) is 36.6 Å². The summed E-state index contributed by atoms with van der Waals surface area (Å²) in [5.74, 6) is 0.845. The maximum Gasteiger partial charge on any atom is 0.118 e. The summed E-state index contributed by atoms with van der Waals surface area (Å²) in [7, 11) is 1.67. The van der Waals surface area contributed by atoms with Gasteiger partial charge in [-0.05, 0) is 54.8 Å². The SMILES string of the molecule is COc1ccc([C@@H]2OC(C)(C)c3ccc(Cl)cc32)cc1. The third-order valence-corrected chi connectivity index (χ3v) is 4.01. The number of hydrogen-bond acceptors (Lipinski definition) is 2. The Kier molecular flexibility index (Phi) is 3.23. The predicted molar refractivity (Wildman–Crippen MR) is 80.4 cm³/mol. The van der Waals surface area contributed by atoms with Gasteiger partial charge >= 0.3 is 0 Å². The average Bonchev–Trinajstić information content (AvgIpc) is 2.70. The molecule has 0 aromatic heterocycles. The van der Waals surface area contributed by atoms with Crippen LogP contribution in [0.15, 0.2) is 42.5 Å². The molecule has 0 bridgehead atoms. The first-order valence-electron chi connectivity index (χ1n) is 6.63. The number of rotatable bonds is 2. The summed E-state index contributed by atoms with van der Waals surface area (Å²) in [5.41, 5.74) is 3.15. The molecule has 1 aliphatic rings. The van der Waals surface area contributed by atoms with Gasteiger partial charge in [0, 0.05) is 5.02 Å². The molecule has 104 valence electrons. The minimum atomic E-state index is -0.301. The summed E-state index contributed by atoms with van der Waals surface area (Å²) in [4.78, 5) is 0. The van der Waals surface area contributed by atoms with E-state index in [0.29, 0.717) is 0 Å². The van der Waals surface area contributed by atoms with Crippen LogP contribution in [0.4, 0.5) is 0 Å². The number of hydrogen-bond donors (Lipinski definition) is 0. The molecule has 2 aromatic rings. The van der Waals surface area contributed by atoms with Crippen molar-refractivity contribution in [2.75, 3.05) is 7.11 Å². The highest BCUT2D eigenvalue weighted by molar-refractivity contribution is 6.30. The van der Waals surface area contributed by atoms with Crippen LogP contribution < -0.4 is 4.74 Å². The molecule has 0 radical (unpaired) electrons. The molecule has 0 fully saturated rings. The van der Waals surface area contributed by atoms with Gasteiger partial charge in [-0.25, -0.2) is 0 Å². The molecule has 0 saturated carbocycles. The predicted octanol–water partition coefficient (Wildman–Crippen LogP) is 4.70. The third-order valence-electron chi connectivity index (χ3n) is 3.78. The van der Waals surface area contributed by atoms with Crippen molar-refractivity contribution in [3.8, 4) is 5.75 Å². The lowest BCUT2D eigenvalue weighted by Gasteiger charge is -2.20. The van der Waals surface area contributed by atoms with Gasteiger partial charge in [0.05, 0.1) is 12.7 Å². The number of benzene rings is 2. The first-order chi connectivity index (χ1) is 9.51. The van der Waals surface area contributed by atoms with E-state index in [1.165, 1.54) is 5.56 Å². The molecule has 0 amide bonds. The Hall–Kier alpha value is -1.51. The van der Waals surface area contributed by atoms with Gasteiger partial charge in [0.2, 0.25) is 0 Å². The molecule has 1 heterocycles. The first kappa shape index (κ1) is 13.5. The molecular formula is C17H17ClO2. The summed E-state index contributed by atoms with van der Waals surface area (Å²) in [5, 5.41) is 0.739. The maximum atomic E-state index is 6.23. The minimum absolute atomic E-state index is 0.0791. The van der Waals surface area contributed by atoms with Gasteiger partial charge < -0.3 is 9.47 Å². The number of ether oxygens (including phenoxy) is 2. The van der Waals surface area contributed by atoms with Crippen LogP contribution in [0.5, 0.6) is 5.75 Å². The first-order valence-corrected chi connectivity index (χ1v) is 7.01. The highest BCUT2D eigenvalue weighted by Crippen LogP contribution is 2.46. The van der Waals surface area contributed by atoms with Crippen molar-refractivity contribution < 1.29 is 9.47 Å². The fourth-order valence-corrected chi connectivity index (χ4v) is 2.93. The van der Waals surface area contributed by atoms with Gasteiger partial charge in [0.1, 0.15) is 11.9 Å². The van der Waals surface area contributed by atoms with Crippen LogP contribution in [0.3, 0.4) is 0 Å². The lowest BCUT2D eigenvalue weighted by molar-refractivity contribution is -0.0340. The van der Waals surface area contributed by atoms with Gasteiger partial charge in [-0.1, -0.05) is 29.8 Å². The largest absolute Gasteiger partial charge is 0.497 e. The van der Waals surface area contributed by atoms with Crippen LogP contribution in [-0.4, -0.2) is 7.11 Å². The Bertz CT molecular complexity index is 632. The van der Waals surface area contributed by atoms with Crippen molar-refractivity contribution in [3.05, 3.63) is 64.2 Å². The van der Waals surface area contributed by atoms with E-state index in [0.717, 1.165) is 21.9 Å². The van der Waals surface area contributed by atoms with E-state index in [-0.39, 0.29) is 11.7 Å². The van der Waals surface area contributed by atoms with Gasteiger partial charge in [-0.3, -0.25) is 0 Å². The normalized spacial score (nSPS) is 19.7. The fourth-order valence-electron chi connectivity index (χ4n) is 2.75. The molecule has 20 heavy (non-hydrogen) atoms. The topological polar surface area (TPSA) is 18.5 Å². The van der Waals surface area contributed by atoms with Crippen LogP contribution >= 0.6 is 11.6 Å². The van der Waals surface area contributed by atoms with Crippen molar-refractivity contribution in [1.82, 2.24) is 0 Å². The van der Waals surface area contributed by atoms with Gasteiger partial charge in [-0.15, -0.1) is 0 Å². The summed E-state index contributed by atoms with van der Waals surface area (Å²) in [6, 6.07) is 14.0. The summed E-state index contributed by atoms with van der Waals surface area (Å²) >= 11 is 6.14. The molecule has 0 saturated heterocycles. The highest BCUT2D eigenvalue weighted by atomic mass is 35.5. The molecule has 0 spiro atoms. The van der Waals surface area contributed by atoms with Gasteiger partial charge in [-0.2, -0.15) is 0 Å². The van der Waals surface area contributed by atoms with Crippen LogP contribution in [0, 0.1) is 0 Å². The molecule has 1 atom stereocenters. The molecule has 0 N–H and O–H groups in total. The fraction of sp³-hybridized carbons (Fsp3) is 0.294. The third kappa shape index (κ3) is 2.19. The van der Waals surface area contributed by atoms with Crippen molar-refractivity contribution >= 4 is 11.6 Å². The smallest absolute Gasteiger partial charge is 0.118 e. The van der Waals surface area contributed by atoms with Crippen molar-refractivity contribution in [1.29, 1.82) is 0 Å². The average molecular weight is 289 g/mol. The Labute approximate surface area is 124 Å². The number of fused-ring (bicyclic) bond motifs is 1. The lowest BCUT2D eigenvalue weighted by Crippen LogP contribution is -2.15. The Morgan fingerprint density at radius 2 is 1.80 bits per heavy atom. The summed E-state index contributed by atoms with van der Waals surface area (Å²) in [6.07, 6.45) is -0.0791. The van der Waals surface area contributed by atoms with Crippen LogP contribution in [0.25, 0.3) is 0 Å². The highest BCUT2D eigenvalue weighted by Gasteiger charge is 2.38. The van der Waals surface area contributed by atoms with Crippen LogP contribution in [-0.2, 0) is 10.3 Å². The van der Waals surface area contributed by atoms with Gasteiger partial charge in [0.15, 0.2) is 0 Å². The summed E-state index contributed by atoms with van der Waals surface area (Å²) < 4.78 is 11.4. The van der Waals surface area contributed by atoms with E-state index < -0.39 is 0 Å². The quantitative estimate of drug-likeness (QED) is 0.797. The monoisotopic (exact) mass is 288 g/mol. The Morgan fingerprint density at radius 3 is 2.45 bits per heavy atom. The van der Waals surface area contributed by atoms with Crippen LogP contribution in [0.2, 0.25) is 5.02 Å². The second-order valence-corrected chi connectivity index (χ2v) is 5.95. The minimum Gasteiger partial charge on any atom is -0.497 e. The molecule has 0 aliphatic carbocycles. The van der Waals surface area contributed by atoms with Crippen molar-refractivity contribution in [2.45, 2.75) is 25.6 Å². The zero-order valence-electron chi connectivity index (χ0n) is 11.8. The van der Waals surface area contributed by atoms with E-state index >= 15 is 0 Å². The zero-order valence-corrected chi connectivity index (χ0v) is 12.6. The maximum absolute atomic E-state index is 6.23. The molecular weight excluding hydrogens is 272 g/mol. The standard InChI is InChI=1S/C17H17ClO2/c1-17(2)15-9-6-12(18)10-14(15)16(20-17)11-4-7-13(19-3)8-5-11/h4-10,16H,1-3H3/t16-/m0/s1. The number of halogens is 1. The van der Waals surface area contributed by atoms with Crippen molar-refractivity contribution in [2.24, 2.45) is 0 Å². The summed E-state index contributed by atoms with van der Waals surface area (Å²) in [6.45, 7) is 4.17. The Morgan fingerprint density at radius 1 is 1.10 bits per heavy atom. The Balaban J connectivity index is 2.06. The molecule has 3 rings (SSSR count). The molecule has 1 aliphatic heterocycles. The van der Waals surface area contributed by atoms with E-state index in [4.69, 9.17) is 21.1 Å². The molecule has 0 unspecified atom stereocenters. The second kappa shape index (κ2) is 4.80. The zero-order chi connectivity index (χ0) is 14.3. The molecule has 2 nitrogen and oxygen atoms in total. The lowest BCUT2D eigenvalue weighted by atomic mass is 9.93. The number of methoxy groups -OCH3 is 1. The van der Waals surface area contributed by atoms with Crippen molar-refractivity contribution in [3.63, 3.8) is 0 Å².